The van der Waals surface area contributed by atoms with Gasteiger partial charge in [0.25, 0.3) is 0 Å². The molecule has 2 rings (SSSR count). The number of ether oxygens (including phenoxy) is 2. The number of nitrogens with one attached hydrogen (secondary N) is 1. The fourth-order valence-corrected chi connectivity index (χ4v) is 1.85. The molecule has 0 aliphatic rings. The van der Waals surface area contributed by atoms with E-state index in [1.54, 1.807) is 6.07 Å². The van der Waals surface area contributed by atoms with Gasteiger partial charge in [0.2, 0.25) is 5.88 Å². The van der Waals surface area contributed by atoms with E-state index in [9.17, 15) is 0 Å². The minimum atomic E-state index is 0.523. The highest BCUT2D eigenvalue weighted by atomic mass is 16.5. The average molecular weight is 287 g/mol. The van der Waals surface area contributed by atoms with Crippen LogP contribution in [0.1, 0.15) is 26.1 Å². The van der Waals surface area contributed by atoms with Crippen LogP contribution in [0.25, 0.3) is 0 Å². The molecule has 0 amide bonds. The van der Waals surface area contributed by atoms with Crippen LogP contribution in [-0.4, -0.2) is 23.1 Å². The van der Waals surface area contributed by atoms with Crippen molar-refractivity contribution in [3.05, 3.63) is 36.2 Å². The van der Waals surface area contributed by atoms with Gasteiger partial charge in [-0.2, -0.15) is 4.98 Å². The van der Waals surface area contributed by atoms with Gasteiger partial charge in [0, 0.05) is 18.7 Å². The Kier molecular flexibility index (Phi) is 5.37. The molecule has 0 bridgehead atoms. The van der Waals surface area contributed by atoms with E-state index in [1.165, 1.54) is 0 Å². The van der Waals surface area contributed by atoms with Crippen LogP contribution in [-0.2, 0) is 0 Å². The molecule has 21 heavy (non-hydrogen) atoms. The number of hydrogen-bond acceptors (Lipinski definition) is 5. The molecule has 5 heteroatoms. The fraction of sp³-hybridized carbons (Fsp3) is 0.375. The van der Waals surface area contributed by atoms with Gasteiger partial charge in [-0.05, 0) is 32.4 Å². The van der Waals surface area contributed by atoms with Crippen molar-refractivity contribution in [1.82, 2.24) is 9.97 Å². The van der Waals surface area contributed by atoms with Crippen LogP contribution >= 0.6 is 0 Å². The van der Waals surface area contributed by atoms with E-state index >= 15 is 0 Å². The molecule has 0 aliphatic carbocycles. The zero-order valence-electron chi connectivity index (χ0n) is 12.7. The van der Waals surface area contributed by atoms with Crippen molar-refractivity contribution in [3.63, 3.8) is 0 Å². The maximum atomic E-state index is 5.80. The van der Waals surface area contributed by atoms with Gasteiger partial charge >= 0.3 is 0 Å². The van der Waals surface area contributed by atoms with Crippen molar-refractivity contribution in [3.8, 4) is 17.4 Å². The number of aryl methyl sites for hydroxylation is 1. The maximum Gasteiger partial charge on any atom is 0.224 e. The first-order chi connectivity index (χ1) is 10.2. The number of anilines is 1. The molecule has 0 spiro atoms. The van der Waals surface area contributed by atoms with E-state index in [0.717, 1.165) is 24.5 Å². The summed E-state index contributed by atoms with van der Waals surface area (Å²) in [5.41, 5.74) is 0. The monoisotopic (exact) mass is 287 g/mol. The van der Waals surface area contributed by atoms with Crippen LogP contribution in [0.4, 0.5) is 5.82 Å². The molecule has 0 fully saturated rings. The topological polar surface area (TPSA) is 56.3 Å². The van der Waals surface area contributed by atoms with E-state index < -0.39 is 0 Å². The Morgan fingerprint density at radius 1 is 1.10 bits per heavy atom. The summed E-state index contributed by atoms with van der Waals surface area (Å²) in [6.45, 7) is 7.40. The second kappa shape index (κ2) is 7.47. The summed E-state index contributed by atoms with van der Waals surface area (Å²) in [6.07, 6.45) is 1.04. The van der Waals surface area contributed by atoms with Gasteiger partial charge in [-0.3, -0.25) is 0 Å². The van der Waals surface area contributed by atoms with Crippen LogP contribution in [0.5, 0.6) is 17.4 Å². The van der Waals surface area contributed by atoms with Crippen molar-refractivity contribution in [2.75, 3.05) is 18.5 Å². The fourth-order valence-electron chi connectivity index (χ4n) is 1.85. The smallest absolute Gasteiger partial charge is 0.224 e. The van der Waals surface area contributed by atoms with Gasteiger partial charge in [-0.15, -0.1) is 0 Å². The van der Waals surface area contributed by atoms with Crippen molar-refractivity contribution in [2.24, 2.45) is 0 Å². The zero-order chi connectivity index (χ0) is 15.1. The zero-order valence-corrected chi connectivity index (χ0v) is 12.7. The highest BCUT2D eigenvalue weighted by Gasteiger charge is 2.05. The normalized spacial score (nSPS) is 10.2. The molecular formula is C16H21N3O2. The summed E-state index contributed by atoms with van der Waals surface area (Å²) >= 11 is 0. The Morgan fingerprint density at radius 2 is 1.90 bits per heavy atom. The number of hydrogen-bond donors (Lipinski definition) is 1. The van der Waals surface area contributed by atoms with Crippen molar-refractivity contribution in [1.29, 1.82) is 0 Å². The summed E-state index contributed by atoms with van der Waals surface area (Å²) in [4.78, 5) is 8.63. The Balaban J connectivity index is 2.14. The van der Waals surface area contributed by atoms with Gasteiger partial charge in [0.15, 0.2) is 0 Å². The number of nitrogens with zero attached hydrogens (tertiary/aromatic N) is 2. The van der Waals surface area contributed by atoms with Crippen molar-refractivity contribution >= 4 is 5.82 Å². The summed E-state index contributed by atoms with van der Waals surface area (Å²) in [5, 5.41) is 3.24. The molecule has 0 unspecified atom stereocenters. The first-order valence-electron chi connectivity index (χ1n) is 7.21. The first-order valence-corrected chi connectivity index (χ1v) is 7.21. The largest absolute Gasteiger partial charge is 0.494 e. The van der Waals surface area contributed by atoms with Gasteiger partial charge in [0.05, 0.1) is 6.61 Å². The van der Waals surface area contributed by atoms with Crippen LogP contribution in [0.2, 0.25) is 0 Å². The molecule has 1 aromatic heterocycles. The molecular weight excluding hydrogens is 266 g/mol. The van der Waals surface area contributed by atoms with E-state index in [0.29, 0.717) is 24.1 Å². The molecule has 2 aromatic rings. The predicted octanol–water partition coefficient (Wildman–Crippen LogP) is 3.80. The average Bonchev–Trinajstić information content (AvgIpc) is 2.45. The van der Waals surface area contributed by atoms with Gasteiger partial charge < -0.3 is 14.8 Å². The molecule has 0 radical (unpaired) electrons. The van der Waals surface area contributed by atoms with E-state index in [4.69, 9.17) is 9.47 Å². The third-order valence-electron chi connectivity index (χ3n) is 2.71. The van der Waals surface area contributed by atoms with E-state index in [1.807, 2.05) is 38.1 Å². The minimum Gasteiger partial charge on any atom is -0.494 e. The first kappa shape index (κ1) is 15.1. The standard InChI is InChI=1S/C16H21N3O2/c1-4-9-17-15-11-16(19-12(3)18-15)21-14-8-6-7-13(10-14)20-5-2/h6-8,10-11H,4-5,9H2,1-3H3,(H,17,18,19). The van der Waals surface area contributed by atoms with Gasteiger partial charge in [-0.25, -0.2) is 4.98 Å². The maximum absolute atomic E-state index is 5.80. The summed E-state index contributed by atoms with van der Waals surface area (Å²) in [7, 11) is 0. The molecule has 0 saturated heterocycles. The van der Waals surface area contributed by atoms with Crippen LogP contribution in [0.3, 0.4) is 0 Å². The third-order valence-corrected chi connectivity index (χ3v) is 2.71. The van der Waals surface area contributed by atoms with Gasteiger partial charge in [-0.1, -0.05) is 13.0 Å². The molecule has 5 nitrogen and oxygen atoms in total. The molecule has 0 saturated carbocycles. The second-order valence-electron chi connectivity index (χ2n) is 4.58. The Bertz CT molecular complexity index is 587. The molecule has 112 valence electrons. The van der Waals surface area contributed by atoms with Crippen molar-refractivity contribution < 1.29 is 9.47 Å². The number of rotatable bonds is 7. The highest BCUT2D eigenvalue weighted by Crippen LogP contribution is 2.25. The van der Waals surface area contributed by atoms with E-state index in [2.05, 4.69) is 22.2 Å². The minimum absolute atomic E-state index is 0.523. The highest BCUT2D eigenvalue weighted by molar-refractivity contribution is 5.41. The molecule has 0 atom stereocenters. The lowest BCUT2D eigenvalue weighted by Crippen LogP contribution is -2.04. The lowest BCUT2D eigenvalue weighted by molar-refractivity contribution is 0.338. The molecule has 1 heterocycles. The second-order valence-corrected chi connectivity index (χ2v) is 4.58. The third kappa shape index (κ3) is 4.63. The molecule has 1 aromatic carbocycles. The quantitative estimate of drug-likeness (QED) is 0.839. The lowest BCUT2D eigenvalue weighted by atomic mass is 10.3. The van der Waals surface area contributed by atoms with Gasteiger partial charge in [0.1, 0.15) is 23.1 Å². The van der Waals surface area contributed by atoms with Crippen molar-refractivity contribution in [2.45, 2.75) is 27.2 Å². The van der Waals surface area contributed by atoms with Crippen LogP contribution in [0.15, 0.2) is 30.3 Å². The Morgan fingerprint density at radius 3 is 2.67 bits per heavy atom. The molecule has 0 aliphatic heterocycles. The Labute approximate surface area is 125 Å². The summed E-state index contributed by atoms with van der Waals surface area (Å²) in [5.74, 6) is 3.45. The number of aromatic nitrogens is 2. The Hall–Kier alpha value is -2.30. The predicted molar refractivity (Wildman–Crippen MR) is 83.2 cm³/mol. The molecule has 1 N–H and O–H groups in total. The van der Waals surface area contributed by atoms with Crippen LogP contribution < -0.4 is 14.8 Å². The number of benzene rings is 1. The summed E-state index contributed by atoms with van der Waals surface area (Å²) < 4.78 is 11.3. The van der Waals surface area contributed by atoms with E-state index in [-0.39, 0.29) is 0 Å². The van der Waals surface area contributed by atoms with Crippen LogP contribution in [0, 0.1) is 6.92 Å². The SMILES string of the molecule is CCCNc1cc(Oc2cccc(OCC)c2)nc(C)n1. The lowest BCUT2D eigenvalue weighted by Gasteiger charge is -2.10. The summed E-state index contributed by atoms with van der Waals surface area (Å²) in [6, 6.07) is 9.32.